The maximum absolute atomic E-state index is 13.9. The van der Waals surface area contributed by atoms with E-state index in [0.29, 0.717) is 31.1 Å². The lowest BCUT2D eigenvalue weighted by atomic mass is 9.75. The van der Waals surface area contributed by atoms with Crippen LogP contribution in [-0.4, -0.2) is 65.2 Å². The fourth-order valence-electron chi connectivity index (χ4n) is 6.28. The number of aromatic nitrogens is 1. The number of pyridine rings is 1. The van der Waals surface area contributed by atoms with Crippen LogP contribution in [-0.2, 0) is 22.6 Å². The van der Waals surface area contributed by atoms with Gasteiger partial charge in [0.15, 0.2) is 11.5 Å². The predicted octanol–water partition coefficient (Wildman–Crippen LogP) is 1.49. The highest BCUT2D eigenvalue weighted by Crippen LogP contribution is 2.40. The Labute approximate surface area is 213 Å². The summed E-state index contributed by atoms with van der Waals surface area (Å²) in [6.07, 6.45) is 2.52. The monoisotopic (exact) mass is 504 g/mol. The van der Waals surface area contributed by atoms with E-state index >= 15 is 0 Å². The zero-order valence-electron chi connectivity index (χ0n) is 20.4. The number of carbonyl (C=O) groups excluding carboxylic acids is 3. The van der Waals surface area contributed by atoms with Crippen molar-refractivity contribution in [2.75, 3.05) is 33.0 Å². The van der Waals surface area contributed by atoms with Gasteiger partial charge in [-0.3, -0.25) is 24.6 Å². The summed E-state index contributed by atoms with van der Waals surface area (Å²) >= 11 is 0. The quantitative estimate of drug-likeness (QED) is 0.469. The van der Waals surface area contributed by atoms with Crippen molar-refractivity contribution in [2.24, 2.45) is 11.3 Å². The molecule has 1 N–H and O–H groups in total. The molecule has 6 rings (SSSR count). The van der Waals surface area contributed by atoms with Gasteiger partial charge in [-0.1, -0.05) is 18.2 Å². The third-order valence-corrected chi connectivity index (χ3v) is 7.86. The molecule has 10 nitrogen and oxygen atoms in total. The van der Waals surface area contributed by atoms with Crippen molar-refractivity contribution < 1.29 is 23.9 Å². The van der Waals surface area contributed by atoms with Gasteiger partial charge in [-0.2, -0.15) is 0 Å². The number of fused-ring (bicyclic) bond motifs is 5. The lowest BCUT2D eigenvalue weighted by molar-refractivity contribution is -0.153. The SMILES string of the molecule is C=CCN1C(=O)NC(=O)C(Cc2ccc3c(c2)OCO3)(CN2C[C@H]3C[C@@H](C2)c2cccc(=O)n2C3)C1=O. The Morgan fingerprint density at radius 1 is 1.05 bits per heavy atom. The van der Waals surface area contributed by atoms with Crippen LogP contribution in [0, 0.1) is 11.3 Å². The fraction of sp³-hybridized carbons (Fsp3) is 0.407. The molecule has 0 saturated carbocycles. The Hall–Kier alpha value is -3.92. The molecule has 4 aliphatic rings. The highest BCUT2D eigenvalue weighted by Gasteiger charge is 2.55. The number of nitrogens with zero attached hydrogens (tertiary/aromatic N) is 3. The Morgan fingerprint density at radius 3 is 2.73 bits per heavy atom. The van der Waals surface area contributed by atoms with E-state index in [9.17, 15) is 19.2 Å². The van der Waals surface area contributed by atoms with E-state index in [1.807, 2.05) is 16.7 Å². The van der Waals surface area contributed by atoms with Crippen LogP contribution in [0.4, 0.5) is 4.79 Å². The maximum Gasteiger partial charge on any atom is 0.331 e. The number of imide groups is 2. The van der Waals surface area contributed by atoms with Crippen molar-refractivity contribution in [2.45, 2.75) is 25.3 Å². The molecule has 10 heteroatoms. The molecular weight excluding hydrogens is 476 g/mol. The highest BCUT2D eigenvalue weighted by atomic mass is 16.7. The van der Waals surface area contributed by atoms with Crippen LogP contribution in [0.3, 0.4) is 0 Å². The number of hydrogen-bond acceptors (Lipinski definition) is 7. The Bertz CT molecular complexity index is 1370. The molecule has 2 bridgehead atoms. The summed E-state index contributed by atoms with van der Waals surface area (Å²) in [5, 5.41) is 2.42. The van der Waals surface area contributed by atoms with Crippen LogP contribution >= 0.6 is 0 Å². The second kappa shape index (κ2) is 8.88. The first-order chi connectivity index (χ1) is 17.9. The summed E-state index contributed by atoms with van der Waals surface area (Å²) in [6, 6.07) is 9.98. The molecule has 0 aliphatic carbocycles. The van der Waals surface area contributed by atoms with Crippen LogP contribution in [0.2, 0.25) is 0 Å². The summed E-state index contributed by atoms with van der Waals surface area (Å²) in [5.74, 6) is 0.376. The Kier molecular flexibility index (Phi) is 5.63. The molecular formula is C27H28N4O6. The van der Waals surface area contributed by atoms with Gasteiger partial charge in [0.05, 0.1) is 0 Å². The number of rotatable bonds is 6. The molecule has 37 heavy (non-hydrogen) atoms. The van der Waals surface area contributed by atoms with E-state index in [1.54, 1.807) is 24.3 Å². The number of nitrogens with one attached hydrogen (secondary N) is 1. The number of likely N-dealkylation sites (tertiary alicyclic amines) is 1. The number of urea groups is 1. The molecule has 192 valence electrons. The summed E-state index contributed by atoms with van der Waals surface area (Å²) in [6.45, 7) is 5.81. The first-order valence-electron chi connectivity index (χ1n) is 12.5. The second-order valence-corrected chi connectivity index (χ2v) is 10.3. The van der Waals surface area contributed by atoms with Crippen molar-refractivity contribution >= 4 is 17.8 Å². The molecule has 1 unspecified atom stereocenters. The molecule has 0 spiro atoms. The van der Waals surface area contributed by atoms with Crippen LogP contribution < -0.4 is 20.3 Å². The van der Waals surface area contributed by atoms with Gasteiger partial charge in [0.1, 0.15) is 5.41 Å². The Balaban J connectivity index is 1.35. The smallest absolute Gasteiger partial charge is 0.331 e. The predicted molar refractivity (Wildman–Crippen MR) is 132 cm³/mol. The average Bonchev–Trinajstić information content (AvgIpc) is 3.34. The van der Waals surface area contributed by atoms with E-state index in [2.05, 4.69) is 16.8 Å². The van der Waals surface area contributed by atoms with Gasteiger partial charge in [0.2, 0.25) is 18.6 Å². The number of hydrogen-bond donors (Lipinski definition) is 1. The molecule has 3 atom stereocenters. The molecule has 4 aliphatic heterocycles. The molecule has 2 saturated heterocycles. The molecule has 4 amide bonds. The summed E-state index contributed by atoms with van der Waals surface area (Å²) in [5.41, 5.74) is 0.198. The van der Waals surface area contributed by atoms with E-state index in [1.165, 1.54) is 6.08 Å². The minimum atomic E-state index is -1.52. The molecule has 0 radical (unpaired) electrons. The van der Waals surface area contributed by atoms with Gasteiger partial charge in [-0.05, 0) is 42.5 Å². The molecule has 2 fully saturated rings. The first kappa shape index (κ1) is 23.5. The van der Waals surface area contributed by atoms with Crippen LogP contribution in [0.5, 0.6) is 11.5 Å². The highest BCUT2D eigenvalue weighted by molar-refractivity contribution is 6.19. The zero-order chi connectivity index (χ0) is 25.7. The van der Waals surface area contributed by atoms with E-state index < -0.39 is 23.3 Å². The van der Waals surface area contributed by atoms with Crippen molar-refractivity contribution in [3.8, 4) is 11.5 Å². The van der Waals surface area contributed by atoms with Gasteiger partial charge < -0.3 is 18.9 Å². The fourth-order valence-corrected chi connectivity index (χ4v) is 6.28. The Morgan fingerprint density at radius 2 is 1.89 bits per heavy atom. The lowest BCUT2D eigenvalue weighted by Crippen LogP contribution is -2.68. The number of ether oxygens (including phenoxy) is 2. The molecule has 1 aromatic carbocycles. The van der Waals surface area contributed by atoms with Crippen molar-refractivity contribution in [3.05, 3.63) is 70.7 Å². The van der Waals surface area contributed by atoms with Gasteiger partial charge >= 0.3 is 6.03 Å². The molecule has 1 aromatic heterocycles. The largest absolute Gasteiger partial charge is 0.454 e. The summed E-state index contributed by atoms with van der Waals surface area (Å²) in [7, 11) is 0. The van der Waals surface area contributed by atoms with Crippen LogP contribution in [0.25, 0.3) is 0 Å². The van der Waals surface area contributed by atoms with Gasteiger partial charge in [-0.25, -0.2) is 4.79 Å². The zero-order valence-corrected chi connectivity index (χ0v) is 20.4. The van der Waals surface area contributed by atoms with Crippen LogP contribution in [0.15, 0.2) is 53.8 Å². The van der Waals surface area contributed by atoms with Crippen molar-refractivity contribution in [3.63, 3.8) is 0 Å². The lowest BCUT2D eigenvalue weighted by Gasteiger charge is -2.47. The number of amides is 4. The average molecular weight is 505 g/mol. The third kappa shape index (κ3) is 3.92. The number of benzene rings is 1. The van der Waals surface area contributed by atoms with E-state index in [4.69, 9.17) is 9.47 Å². The first-order valence-corrected chi connectivity index (χ1v) is 12.5. The van der Waals surface area contributed by atoms with E-state index in [-0.39, 0.29) is 43.7 Å². The van der Waals surface area contributed by atoms with Gasteiger partial charge in [-0.15, -0.1) is 6.58 Å². The summed E-state index contributed by atoms with van der Waals surface area (Å²) < 4.78 is 12.8. The summed E-state index contributed by atoms with van der Waals surface area (Å²) in [4.78, 5) is 55.7. The topological polar surface area (TPSA) is 110 Å². The van der Waals surface area contributed by atoms with Crippen molar-refractivity contribution in [1.82, 2.24) is 19.7 Å². The normalized spacial score (nSPS) is 26.6. The van der Waals surface area contributed by atoms with Gasteiger partial charge in [0.25, 0.3) is 5.56 Å². The van der Waals surface area contributed by atoms with Crippen molar-refractivity contribution in [1.29, 1.82) is 0 Å². The third-order valence-electron chi connectivity index (χ3n) is 7.86. The minimum absolute atomic E-state index is 0.000318. The minimum Gasteiger partial charge on any atom is -0.454 e. The number of barbiturate groups is 1. The van der Waals surface area contributed by atoms with E-state index in [0.717, 1.165) is 22.6 Å². The molecule has 2 aromatic rings. The number of carbonyl (C=O) groups is 3. The number of piperidine rings is 1. The molecule has 5 heterocycles. The second-order valence-electron chi connectivity index (χ2n) is 10.3. The standard InChI is InChI=1S/C27H28N4O6/c1-2-8-30-25(34)27(24(33)28-26(30)35,11-17-6-7-21-22(10-17)37-16-36-21)15-29-12-18-9-19(14-29)20-4-3-5-23(32)31(20)13-18/h2-7,10,18-19H,1,8-9,11-16H2,(H,28,33,35)/t18-,19+,27?/m1/s1. The van der Waals surface area contributed by atoms with Gasteiger partial charge in [0, 0.05) is 50.4 Å². The van der Waals surface area contributed by atoms with Crippen LogP contribution in [0.1, 0.15) is 23.6 Å². The maximum atomic E-state index is 13.9.